The molecule has 0 spiro atoms. The molecular formula is C10H15ClN4. The summed E-state index contributed by atoms with van der Waals surface area (Å²) in [6.45, 7) is 6.83. The van der Waals surface area contributed by atoms with E-state index in [2.05, 4.69) is 17.0 Å². The summed E-state index contributed by atoms with van der Waals surface area (Å²) in [6, 6.07) is 0. The highest BCUT2D eigenvalue weighted by atomic mass is 35.5. The number of alkyl halides is 1. The van der Waals surface area contributed by atoms with Gasteiger partial charge in [-0.1, -0.05) is 0 Å². The number of imidazole rings is 1. The van der Waals surface area contributed by atoms with Crippen molar-refractivity contribution in [1.82, 2.24) is 19.3 Å². The van der Waals surface area contributed by atoms with Crippen LogP contribution in [-0.2, 0) is 13.6 Å². The number of aryl methyl sites for hydroxylation is 3. The molecule has 4 nitrogen and oxygen atoms in total. The summed E-state index contributed by atoms with van der Waals surface area (Å²) in [5.74, 6) is 0.898. The average molecular weight is 227 g/mol. The van der Waals surface area contributed by atoms with Gasteiger partial charge in [-0.2, -0.15) is 5.10 Å². The quantitative estimate of drug-likeness (QED) is 0.738. The van der Waals surface area contributed by atoms with Crippen LogP contribution in [0.2, 0.25) is 0 Å². The molecule has 0 aliphatic carbocycles. The molecule has 5 heteroatoms. The summed E-state index contributed by atoms with van der Waals surface area (Å²) < 4.78 is 3.98. The number of nitrogens with zero attached hydrogens (tertiary/aromatic N) is 4. The van der Waals surface area contributed by atoms with E-state index in [-0.39, 0.29) is 5.38 Å². The molecule has 2 heterocycles. The monoisotopic (exact) mass is 226 g/mol. The highest BCUT2D eigenvalue weighted by Gasteiger charge is 2.18. The minimum Gasteiger partial charge on any atom is -0.315 e. The lowest BCUT2D eigenvalue weighted by molar-refractivity contribution is 0.647. The predicted octanol–water partition coefficient (Wildman–Crippen LogP) is 2.40. The molecule has 0 bridgehead atoms. The van der Waals surface area contributed by atoms with Gasteiger partial charge in [-0.05, 0) is 20.8 Å². The summed E-state index contributed by atoms with van der Waals surface area (Å²) in [7, 11) is 1.98. The van der Waals surface area contributed by atoms with Crippen LogP contribution in [-0.4, -0.2) is 19.3 Å². The van der Waals surface area contributed by atoms with Crippen LogP contribution in [0.25, 0.3) is 11.2 Å². The Hall–Kier alpha value is -1.03. The number of halogens is 1. The molecule has 0 saturated carbocycles. The second-order valence-electron chi connectivity index (χ2n) is 3.72. The molecule has 2 aromatic heterocycles. The number of hydrogen-bond donors (Lipinski definition) is 0. The van der Waals surface area contributed by atoms with Gasteiger partial charge in [0.05, 0.1) is 11.1 Å². The highest BCUT2D eigenvalue weighted by Crippen LogP contribution is 2.24. The lowest BCUT2D eigenvalue weighted by atomic mass is 10.4. The van der Waals surface area contributed by atoms with Gasteiger partial charge >= 0.3 is 0 Å². The van der Waals surface area contributed by atoms with Gasteiger partial charge in [0, 0.05) is 13.6 Å². The molecule has 1 atom stereocenters. The fourth-order valence-electron chi connectivity index (χ4n) is 1.90. The first kappa shape index (κ1) is 10.5. The Bertz CT molecular complexity index is 495. The molecule has 0 fully saturated rings. The molecular weight excluding hydrogens is 212 g/mol. The van der Waals surface area contributed by atoms with Gasteiger partial charge in [-0.15, -0.1) is 11.6 Å². The summed E-state index contributed by atoms with van der Waals surface area (Å²) in [5.41, 5.74) is 2.98. The number of fused-ring (bicyclic) bond motifs is 1. The topological polar surface area (TPSA) is 35.6 Å². The fraction of sp³-hybridized carbons (Fsp3) is 0.600. The lowest BCUT2D eigenvalue weighted by Crippen LogP contribution is -2.05. The van der Waals surface area contributed by atoms with Crippen molar-refractivity contribution in [3.63, 3.8) is 0 Å². The molecule has 2 aromatic rings. The van der Waals surface area contributed by atoms with Gasteiger partial charge in [-0.3, -0.25) is 0 Å². The Balaban J connectivity index is 2.77. The van der Waals surface area contributed by atoms with Gasteiger partial charge in [0.15, 0.2) is 5.65 Å². The SMILES string of the molecule is CCn1nc(C)c2nc(C(C)Cl)n(C)c21. The van der Waals surface area contributed by atoms with E-state index in [1.807, 2.05) is 30.1 Å². The average Bonchev–Trinajstić information content (AvgIpc) is 2.66. The molecule has 0 amide bonds. The molecule has 0 aromatic carbocycles. The van der Waals surface area contributed by atoms with Crippen molar-refractivity contribution < 1.29 is 0 Å². The molecule has 82 valence electrons. The third-order valence-corrected chi connectivity index (χ3v) is 2.81. The summed E-state index contributed by atoms with van der Waals surface area (Å²) in [4.78, 5) is 4.53. The van der Waals surface area contributed by atoms with E-state index in [4.69, 9.17) is 11.6 Å². The van der Waals surface area contributed by atoms with Crippen LogP contribution in [0.15, 0.2) is 0 Å². The van der Waals surface area contributed by atoms with E-state index in [0.29, 0.717) is 0 Å². The number of rotatable bonds is 2. The Kier molecular flexibility index (Phi) is 2.46. The Morgan fingerprint density at radius 3 is 2.67 bits per heavy atom. The predicted molar refractivity (Wildman–Crippen MR) is 61.2 cm³/mol. The first-order valence-electron chi connectivity index (χ1n) is 5.10. The minimum atomic E-state index is -0.0768. The maximum atomic E-state index is 6.07. The summed E-state index contributed by atoms with van der Waals surface area (Å²) in [6.07, 6.45) is 0. The van der Waals surface area contributed by atoms with Crippen LogP contribution in [0.5, 0.6) is 0 Å². The van der Waals surface area contributed by atoms with Crippen LogP contribution in [0.3, 0.4) is 0 Å². The maximum Gasteiger partial charge on any atom is 0.158 e. The smallest absolute Gasteiger partial charge is 0.158 e. The first-order valence-corrected chi connectivity index (χ1v) is 5.53. The molecule has 2 rings (SSSR count). The standard InChI is InChI=1S/C10H15ClN4/c1-5-15-10-8(7(3)13-15)12-9(6(2)11)14(10)4/h6H,5H2,1-4H3. The Morgan fingerprint density at radius 1 is 1.47 bits per heavy atom. The molecule has 0 aliphatic heterocycles. The second kappa shape index (κ2) is 3.52. The summed E-state index contributed by atoms with van der Waals surface area (Å²) >= 11 is 6.07. The van der Waals surface area contributed by atoms with Crippen LogP contribution >= 0.6 is 11.6 Å². The van der Waals surface area contributed by atoms with Crippen molar-refractivity contribution in [3.05, 3.63) is 11.5 Å². The summed E-state index contributed by atoms with van der Waals surface area (Å²) in [5, 5.41) is 4.34. The van der Waals surface area contributed by atoms with Crippen molar-refractivity contribution in [1.29, 1.82) is 0 Å². The van der Waals surface area contributed by atoms with Gasteiger partial charge in [0.2, 0.25) is 0 Å². The zero-order valence-corrected chi connectivity index (χ0v) is 10.2. The van der Waals surface area contributed by atoms with E-state index in [1.165, 1.54) is 0 Å². The normalized spacial score (nSPS) is 13.7. The van der Waals surface area contributed by atoms with E-state index in [0.717, 1.165) is 29.2 Å². The number of aromatic nitrogens is 4. The van der Waals surface area contributed by atoms with Crippen LogP contribution in [0.4, 0.5) is 0 Å². The molecule has 15 heavy (non-hydrogen) atoms. The van der Waals surface area contributed by atoms with Crippen molar-refractivity contribution in [2.45, 2.75) is 32.7 Å². The third kappa shape index (κ3) is 1.44. The molecule has 0 aliphatic rings. The molecule has 0 saturated heterocycles. The minimum absolute atomic E-state index is 0.0768. The van der Waals surface area contributed by atoms with Crippen LogP contribution < -0.4 is 0 Å². The van der Waals surface area contributed by atoms with Crippen LogP contribution in [0.1, 0.15) is 30.7 Å². The van der Waals surface area contributed by atoms with Crippen molar-refractivity contribution in [2.24, 2.45) is 7.05 Å². The largest absolute Gasteiger partial charge is 0.315 e. The molecule has 0 radical (unpaired) electrons. The van der Waals surface area contributed by atoms with E-state index >= 15 is 0 Å². The van der Waals surface area contributed by atoms with Gasteiger partial charge in [-0.25, -0.2) is 9.67 Å². The zero-order chi connectivity index (χ0) is 11.2. The van der Waals surface area contributed by atoms with E-state index in [1.54, 1.807) is 0 Å². The third-order valence-electron chi connectivity index (χ3n) is 2.61. The highest BCUT2D eigenvalue weighted by molar-refractivity contribution is 6.20. The second-order valence-corrected chi connectivity index (χ2v) is 4.37. The maximum absolute atomic E-state index is 6.07. The van der Waals surface area contributed by atoms with Crippen LogP contribution in [0, 0.1) is 6.92 Å². The zero-order valence-electron chi connectivity index (χ0n) is 9.45. The Morgan fingerprint density at radius 2 is 2.13 bits per heavy atom. The Labute approximate surface area is 93.9 Å². The van der Waals surface area contributed by atoms with Crippen molar-refractivity contribution in [2.75, 3.05) is 0 Å². The lowest BCUT2D eigenvalue weighted by Gasteiger charge is -2.05. The van der Waals surface area contributed by atoms with Gasteiger partial charge < -0.3 is 4.57 Å². The molecule has 1 unspecified atom stereocenters. The number of hydrogen-bond acceptors (Lipinski definition) is 2. The van der Waals surface area contributed by atoms with Crippen molar-refractivity contribution >= 4 is 22.8 Å². The van der Waals surface area contributed by atoms with Gasteiger partial charge in [0.25, 0.3) is 0 Å². The van der Waals surface area contributed by atoms with E-state index in [9.17, 15) is 0 Å². The first-order chi connectivity index (χ1) is 7.06. The van der Waals surface area contributed by atoms with E-state index < -0.39 is 0 Å². The molecule has 0 N–H and O–H groups in total. The fourth-order valence-corrected chi connectivity index (χ4v) is 2.09. The van der Waals surface area contributed by atoms with Crippen molar-refractivity contribution in [3.8, 4) is 0 Å². The van der Waals surface area contributed by atoms with Gasteiger partial charge in [0.1, 0.15) is 11.3 Å².